The molecular weight excluding hydrogens is 296 g/mol. The fraction of sp³-hybridized carbons (Fsp3) is 0.529. The van der Waals surface area contributed by atoms with Gasteiger partial charge in [-0.3, -0.25) is 9.59 Å². The van der Waals surface area contributed by atoms with Gasteiger partial charge >= 0.3 is 0 Å². The monoisotopic (exact) mass is 318 g/mol. The molecule has 6 heteroatoms. The molecule has 1 aliphatic heterocycles. The Morgan fingerprint density at radius 2 is 2.09 bits per heavy atom. The Morgan fingerprint density at radius 3 is 2.65 bits per heavy atom. The summed E-state index contributed by atoms with van der Waals surface area (Å²) in [7, 11) is 1.61. The lowest BCUT2D eigenvalue weighted by Crippen LogP contribution is -2.59. The predicted octanol–water partition coefficient (Wildman–Crippen LogP) is 0.436. The Morgan fingerprint density at radius 1 is 1.39 bits per heavy atom. The Labute approximate surface area is 135 Å². The van der Waals surface area contributed by atoms with Crippen molar-refractivity contribution in [2.75, 3.05) is 26.8 Å². The molecule has 2 N–H and O–H groups in total. The van der Waals surface area contributed by atoms with E-state index in [2.05, 4.69) is 5.32 Å². The fourth-order valence-corrected chi connectivity index (χ4v) is 3.30. The first-order chi connectivity index (χ1) is 11.1. The first-order valence-electron chi connectivity index (χ1n) is 7.96. The van der Waals surface area contributed by atoms with Crippen molar-refractivity contribution in [1.82, 2.24) is 10.2 Å². The van der Waals surface area contributed by atoms with Gasteiger partial charge in [-0.1, -0.05) is 12.1 Å². The largest absolute Gasteiger partial charge is 0.497 e. The molecule has 6 nitrogen and oxygen atoms in total. The van der Waals surface area contributed by atoms with Gasteiger partial charge in [-0.05, 0) is 37.0 Å². The van der Waals surface area contributed by atoms with Crippen molar-refractivity contribution in [3.63, 3.8) is 0 Å². The third-order valence-electron chi connectivity index (χ3n) is 4.80. The van der Waals surface area contributed by atoms with E-state index < -0.39 is 11.5 Å². The molecule has 124 valence electrons. The third kappa shape index (κ3) is 2.79. The fourth-order valence-electron chi connectivity index (χ4n) is 3.30. The highest BCUT2D eigenvalue weighted by molar-refractivity contribution is 5.96. The molecule has 1 aliphatic carbocycles. The SMILES string of the molecule is COc1ccc(C2(C(=O)N3CCNC(=O)[C@@H]3CCO)CC2)cc1. The molecule has 0 aromatic heterocycles. The van der Waals surface area contributed by atoms with E-state index in [1.807, 2.05) is 24.3 Å². The number of benzene rings is 1. The van der Waals surface area contributed by atoms with Crippen LogP contribution in [0, 0.1) is 0 Å². The summed E-state index contributed by atoms with van der Waals surface area (Å²) < 4.78 is 5.17. The minimum atomic E-state index is -0.572. The van der Waals surface area contributed by atoms with Gasteiger partial charge in [0.1, 0.15) is 11.8 Å². The van der Waals surface area contributed by atoms with E-state index in [4.69, 9.17) is 4.74 Å². The number of hydrogen-bond donors (Lipinski definition) is 2. The number of hydrogen-bond acceptors (Lipinski definition) is 4. The van der Waals surface area contributed by atoms with E-state index in [0.717, 1.165) is 24.2 Å². The van der Waals surface area contributed by atoms with Gasteiger partial charge in [0.15, 0.2) is 0 Å². The summed E-state index contributed by atoms with van der Waals surface area (Å²) >= 11 is 0. The van der Waals surface area contributed by atoms with Crippen LogP contribution in [0.2, 0.25) is 0 Å². The smallest absolute Gasteiger partial charge is 0.242 e. The van der Waals surface area contributed by atoms with Crippen LogP contribution in [0.5, 0.6) is 5.75 Å². The molecule has 1 atom stereocenters. The van der Waals surface area contributed by atoms with E-state index in [1.165, 1.54) is 0 Å². The molecule has 0 radical (unpaired) electrons. The summed E-state index contributed by atoms with van der Waals surface area (Å²) in [6.07, 6.45) is 1.86. The molecule has 23 heavy (non-hydrogen) atoms. The summed E-state index contributed by atoms with van der Waals surface area (Å²) in [5.41, 5.74) is 0.453. The van der Waals surface area contributed by atoms with Crippen molar-refractivity contribution < 1.29 is 19.4 Å². The van der Waals surface area contributed by atoms with E-state index in [0.29, 0.717) is 13.1 Å². The van der Waals surface area contributed by atoms with Crippen LogP contribution in [0.3, 0.4) is 0 Å². The number of ether oxygens (including phenoxy) is 1. The summed E-state index contributed by atoms with van der Waals surface area (Å²) in [6, 6.07) is 6.99. The van der Waals surface area contributed by atoms with Gasteiger partial charge < -0.3 is 20.1 Å². The van der Waals surface area contributed by atoms with E-state index >= 15 is 0 Å². The van der Waals surface area contributed by atoms with E-state index in [1.54, 1.807) is 12.0 Å². The number of carbonyl (C=O) groups is 2. The van der Waals surface area contributed by atoms with Crippen molar-refractivity contribution in [1.29, 1.82) is 0 Å². The first-order valence-corrected chi connectivity index (χ1v) is 7.96. The molecule has 0 bridgehead atoms. The number of nitrogens with one attached hydrogen (secondary N) is 1. The normalized spacial score (nSPS) is 22.4. The van der Waals surface area contributed by atoms with Gasteiger partial charge in [0.05, 0.1) is 12.5 Å². The topological polar surface area (TPSA) is 78.9 Å². The molecule has 2 fully saturated rings. The van der Waals surface area contributed by atoms with Crippen LogP contribution in [-0.4, -0.2) is 54.7 Å². The quantitative estimate of drug-likeness (QED) is 0.825. The molecular formula is C17H22N2O4. The zero-order valence-electron chi connectivity index (χ0n) is 13.2. The summed E-state index contributed by atoms with van der Waals surface area (Å²) in [5.74, 6) is 0.577. The minimum Gasteiger partial charge on any atom is -0.497 e. The molecule has 0 spiro atoms. The van der Waals surface area contributed by atoms with Crippen molar-refractivity contribution in [2.24, 2.45) is 0 Å². The number of aliphatic hydroxyl groups excluding tert-OH is 1. The molecule has 1 saturated carbocycles. The lowest BCUT2D eigenvalue weighted by Gasteiger charge is -2.37. The number of aliphatic hydroxyl groups is 1. The molecule has 1 aromatic rings. The van der Waals surface area contributed by atoms with Crippen LogP contribution in [0.1, 0.15) is 24.8 Å². The van der Waals surface area contributed by atoms with Crippen LogP contribution in [-0.2, 0) is 15.0 Å². The zero-order chi connectivity index (χ0) is 16.4. The first kappa shape index (κ1) is 15.8. The molecule has 2 aliphatic rings. The van der Waals surface area contributed by atoms with Gasteiger partial charge in [0.2, 0.25) is 11.8 Å². The number of piperazine rings is 1. The van der Waals surface area contributed by atoms with Crippen molar-refractivity contribution in [3.05, 3.63) is 29.8 Å². The standard InChI is InChI=1S/C17H22N2O4/c1-23-13-4-2-12(3-5-13)17(7-8-17)16(22)19-10-9-18-15(21)14(19)6-11-20/h2-5,14,20H,6-11H2,1H3,(H,18,21)/t14-/m0/s1. The second-order valence-corrected chi connectivity index (χ2v) is 6.13. The Kier molecular flexibility index (Phi) is 4.26. The van der Waals surface area contributed by atoms with Gasteiger partial charge in [-0.2, -0.15) is 0 Å². The van der Waals surface area contributed by atoms with Crippen molar-refractivity contribution >= 4 is 11.8 Å². The molecule has 1 saturated heterocycles. The van der Waals surface area contributed by atoms with Gasteiger partial charge in [0, 0.05) is 19.7 Å². The highest BCUT2D eigenvalue weighted by Gasteiger charge is 2.54. The zero-order valence-corrected chi connectivity index (χ0v) is 13.2. The van der Waals surface area contributed by atoms with Crippen LogP contribution < -0.4 is 10.1 Å². The second kappa shape index (κ2) is 6.20. The minimum absolute atomic E-state index is 0.00373. The van der Waals surface area contributed by atoms with Crippen LogP contribution in [0.4, 0.5) is 0 Å². The summed E-state index contributed by atoms with van der Waals surface area (Å²) in [5, 5.41) is 12.0. The van der Waals surface area contributed by atoms with Gasteiger partial charge in [-0.15, -0.1) is 0 Å². The van der Waals surface area contributed by atoms with Crippen LogP contribution in [0.25, 0.3) is 0 Å². The van der Waals surface area contributed by atoms with Crippen molar-refractivity contribution in [2.45, 2.75) is 30.7 Å². The maximum absolute atomic E-state index is 13.1. The van der Waals surface area contributed by atoms with E-state index in [9.17, 15) is 14.7 Å². The molecule has 1 heterocycles. The Hall–Kier alpha value is -2.08. The molecule has 2 amide bonds. The van der Waals surface area contributed by atoms with Gasteiger partial charge in [-0.25, -0.2) is 0 Å². The summed E-state index contributed by atoms with van der Waals surface area (Å²) in [4.78, 5) is 26.8. The van der Waals surface area contributed by atoms with Crippen LogP contribution >= 0.6 is 0 Å². The van der Waals surface area contributed by atoms with Crippen LogP contribution in [0.15, 0.2) is 24.3 Å². The number of nitrogens with zero attached hydrogens (tertiary/aromatic N) is 1. The molecule has 0 unspecified atom stereocenters. The number of rotatable bonds is 5. The maximum Gasteiger partial charge on any atom is 0.242 e. The predicted molar refractivity (Wildman–Crippen MR) is 84.1 cm³/mol. The number of methoxy groups -OCH3 is 1. The molecule has 3 rings (SSSR count). The number of amides is 2. The second-order valence-electron chi connectivity index (χ2n) is 6.13. The lowest BCUT2D eigenvalue weighted by atomic mass is 9.92. The number of carbonyl (C=O) groups excluding carboxylic acids is 2. The highest BCUT2D eigenvalue weighted by atomic mass is 16.5. The maximum atomic E-state index is 13.1. The molecule has 1 aromatic carbocycles. The Balaban J connectivity index is 1.84. The Bertz CT molecular complexity index is 595. The van der Waals surface area contributed by atoms with E-state index in [-0.39, 0.29) is 24.8 Å². The third-order valence-corrected chi connectivity index (χ3v) is 4.80. The highest BCUT2D eigenvalue weighted by Crippen LogP contribution is 2.50. The average molecular weight is 318 g/mol. The van der Waals surface area contributed by atoms with Gasteiger partial charge in [0.25, 0.3) is 0 Å². The average Bonchev–Trinajstić information content (AvgIpc) is 3.38. The summed E-state index contributed by atoms with van der Waals surface area (Å²) in [6.45, 7) is 0.843. The lowest BCUT2D eigenvalue weighted by molar-refractivity contribution is -0.145. The van der Waals surface area contributed by atoms with Crippen molar-refractivity contribution in [3.8, 4) is 5.75 Å².